The Bertz CT molecular complexity index is 1250. The average Bonchev–Trinajstić information content (AvgIpc) is 3.00. The molecule has 44 heavy (non-hydrogen) atoms. The molecule has 240 valence electrons. The molecule has 0 atom stereocenters. The predicted molar refractivity (Wildman–Crippen MR) is 198 cm³/mol. The van der Waals surface area contributed by atoms with Crippen molar-refractivity contribution in [3.05, 3.63) is 100 Å². The Balaban J connectivity index is 0.000000417. The number of benzene rings is 2. The van der Waals surface area contributed by atoms with Crippen molar-refractivity contribution < 1.29 is 0 Å². The van der Waals surface area contributed by atoms with Crippen molar-refractivity contribution in [1.82, 2.24) is 0 Å². The van der Waals surface area contributed by atoms with Crippen LogP contribution in [0, 0.1) is 23.7 Å². The second-order valence-corrected chi connectivity index (χ2v) is 12.9. The Kier molecular flexibility index (Phi) is 19.0. The molecule has 0 bridgehead atoms. The first kappa shape index (κ1) is 38.8. The standard InChI is InChI=1S/C23H33N.C12H17N3S.C4H8/c1-16(2)21-14-20(12-11-19-9-7-6-8-10-19)15-22(17(3)4)23(21)13-18(5)24;1-9(2)11(8-12(13)16-14)15-10-6-4-3-5-7-10;1-3-4-2/h14-17,19H,5-10,13,24H2,1-4H3;3-9H,13-14H2,1-2H3;3-4H,1-2H3/b;12-8+,15-11?;. The lowest BCUT2D eigenvalue weighted by atomic mass is 9.84. The van der Waals surface area contributed by atoms with E-state index in [0.717, 1.165) is 35.5 Å². The fourth-order valence-corrected chi connectivity index (χ4v) is 5.03. The molecule has 0 heterocycles. The van der Waals surface area contributed by atoms with Gasteiger partial charge in [0, 0.05) is 29.3 Å². The third-order valence-electron chi connectivity index (χ3n) is 7.36. The van der Waals surface area contributed by atoms with Crippen LogP contribution in [0.15, 0.2) is 83.0 Å². The van der Waals surface area contributed by atoms with E-state index in [1.165, 1.54) is 54.4 Å². The quantitative estimate of drug-likeness (QED) is 0.119. The van der Waals surface area contributed by atoms with E-state index in [9.17, 15) is 0 Å². The SMILES string of the molecule is C=C(N)Cc1c(C(C)C)cc(C#CC2CCCCC2)cc1C(C)C.CC(C)C(/C=C(\N)SN)=Nc1ccccc1.CC=CC. The molecule has 0 aliphatic heterocycles. The summed E-state index contributed by atoms with van der Waals surface area (Å²) < 4.78 is 0. The second kappa shape index (κ2) is 21.5. The van der Waals surface area contributed by atoms with Gasteiger partial charge in [0.15, 0.2) is 0 Å². The summed E-state index contributed by atoms with van der Waals surface area (Å²) in [5.41, 5.74) is 19.5. The summed E-state index contributed by atoms with van der Waals surface area (Å²) in [7, 11) is 0. The van der Waals surface area contributed by atoms with Gasteiger partial charge in [0.25, 0.3) is 0 Å². The lowest BCUT2D eigenvalue weighted by Crippen LogP contribution is -2.09. The molecule has 0 saturated heterocycles. The van der Waals surface area contributed by atoms with Crippen molar-refractivity contribution in [1.29, 1.82) is 0 Å². The van der Waals surface area contributed by atoms with Gasteiger partial charge in [0.1, 0.15) is 0 Å². The zero-order valence-corrected chi connectivity index (χ0v) is 29.4. The lowest BCUT2D eigenvalue weighted by molar-refractivity contribution is 0.430. The van der Waals surface area contributed by atoms with Crippen LogP contribution in [0.5, 0.6) is 0 Å². The number of rotatable bonds is 8. The zero-order valence-electron chi connectivity index (χ0n) is 28.6. The minimum Gasteiger partial charge on any atom is -0.402 e. The molecule has 0 aromatic heterocycles. The van der Waals surface area contributed by atoms with E-state index >= 15 is 0 Å². The molecule has 0 radical (unpaired) electrons. The van der Waals surface area contributed by atoms with Gasteiger partial charge in [-0.25, -0.2) is 0 Å². The predicted octanol–water partition coefficient (Wildman–Crippen LogP) is 10.3. The van der Waals surface area contributed by atoms with Crippen molar-refractivity contribution in [2.75, 3.05) is 0 Å². The maximum Gasteiger partial charge on any atom is 0.0824 e. The molecule has 2 aromatic carbocycles. The minimum absolute atomic E-state index is 0.311. The summed E-state index contributed by atoms with van der Waals surface area (Å²) >= 11 is 1.04. The van der Waals surface area contributed by atoms with Gasteiger partial charge in [0.2, 0.25) is 0 Å². The summed E-state index contributed by atoms with van der Waals surface area (Å²) in [5.74, 6) is 8.85. The minimum atomic E-state index is 0.311. The Hall–Kier alpha value is -3.20. The Morgan fingerprint density at radius 1 is 0.932 bits per heavy atom. The van der Waals surface area contributed by atoms with Crippen LogP contribution in [-0.4, -0.2) is 5.71 Å². The average molecular weight is 615 g/mol. The second-order valence-electron chi connectivity index (χ2n) is 12.2. The van der Waals surface area contributed by atoms with Crippen molar-refractivity contribution in [2.45, 2.75) is 106 Å². The molecule has 2 aromatic rings. The van der Waals surface area contributed by atoms with Crippen LogP contribution in [0.4, 0.5) is 5.69 Å². The summed E-state index contributed by atoms with van der Waals surface area (Å²) in [6, 6.07) is 14.4. The maximum absolute atomic E-state index is 5.93. The van der Waals surface area contributed by atoms with Crippen LogP contribution in [0.2, 0.25) is 0 Å². The molecule has 6 N–H and O–H groups in total. The molecular weight excluding hydrogens is 557 g/mol. The van der Waals surface area contributed by atoms with Gasteiger partial charge in [-0.05, 0) is 103 Å². The van der Waals surface area contributed by atoms with E-state index in [1.807, 2.05) is 62.4 Å². The molecule has 5 heteroatoms. The number of para-hydroxylation sites is 1. The lowest BCUT2D eigenvalue weighted by Gasteiger charge is -2.21. The molecule has 0 unspecified atom stereocenters. The van der Waals surface area contributed by atoms with Crippen molar-refractivity contribution in [3.8, 4) is 11.8 Å². The van der Waals surface area contributed by atoms with E-state index in [2.05, 4.69) is 77.1 Å². The van der Waals surface area contributed by atoms with Crippen molar-refractivity contribution >= 4 is 23.3 Å². The molecule has 4 nitrogen and oxygen atoms in total. The molecular formula is C39H58N4S. The first-order chi connectivity index (χ1) is 20.9. The fourth-order valence-electron chi connectivity index (χ4n) is 4.84. The van der Waals surface area contributed by atoms with Crippen LogP contribution in [0.1, 0.15) is 122 Å². The van der Waals surface area contributed by atoms with E-state index in [4.69, 9.17) is 16.6 Å². The summed E-state index contributed by atoms with van der Waals surface area (Å²) in [6.07, 6.45) is 13.2. The topological polar surface area (TPSA) is 90.4 Å². The largest absolute Gasteiger partial charge is 0.402 e. The molecule has 1 fully saturated rings. The van der Waals surface area contributed by atoms with Crippen LogP contribution in [-0.2, 0) is 6.42 Å². The fraction of sp³-hybridized carbons (Fsp3) is 0.462. The van der Waals surface area contributed by atoms with E-state index < -0.39 is 0 Å². The zero-order chi connectivity index (χ0) is 33.1. The van der Waals surface area contributed by atoms with Crippen molar-refractivity contribution in [3.63, 3.8) is 0 Å². The van der Waals surface area contributed by atoms with E-state index in [1.54, 1.807) is 0 Å². The van der Waals surface area contributed by atoms with Crippen LogP contribution in [0.25, 0.3) is 0 Å². The maximum atomic E-state index is 5.93. The van der Waals surface area contributed by atoms with E-state index in [0.29, 0.717) is 28.7 Å². The summed E-state index contributed by atoms with van der Waals surface area (Å²) in [4.78, 5) is 4.54. The molecule has 0 spiro atoms. The molecule has 1 aliphatic carbocycles. The highest BCUT2D eigenvalue weighted by Gasteiger charge is 2.16. The van der Waals surface area contributed by atoms with Gasteiger partial charge in [-0.15, -0.1) is 0 Å². The van der Waals surface area contributed by atoms with Gasteiger partial charge < -0.3 is 11.5 Å². The van der Waals surface area contributed by atoms with Crippen LogP contribution >= 0.6 is 11.9 Å². The number of aliphatic imine (C=N–C) groups is 1. The molecule has 1 aliphatic rings. The monoisotopic (exact) mass is 614 g/mol. The van der Waals surface area contributed by atoms with Crippen molar-refractivity contribution in [2.24, 2.45) is 33.4 Å². The van der Waals surface area contributed by atoms with Gasteiger partial charge in [-0.1, -0.05) is 110 Å². The Morgan fingerprint density at radius 3 is 1.91 bits per heavy atom. The van der Waals surface area contributed by atoms with E-state index in [-0.39, 0.29) is 0 Å². The van der Waals surface area contributed by atoms with Crippen LogP contribution in [0.3, 0.4) is 0 Å². The molecule has 3 rings (SSSR count). The number of hydrogen-bond donors (Lipinski definition) is 3. The normalized spacial score (nSPS) is 14.1. The Morgan fingerprint density at radius 2 is 1.48 bits per heavy atom. The molecule has 1 saturated carbocycles. The third kappa shape index (κ3) is 15.0. The highest BCUT2D eigenvalue weighted by Crippen LogP contribution is 2.31. The summed E-state index contributed by atoms with van der Waals surface area (Å²) in [5, 5.41) is 5.95. The van der Waals surface area contributed by atoms with Gasteiger partial charge in [-0.3, -0.25) is 10.1 Å². The van der Waals surface area contributed by atoms with Crippen LogP contribution < -0.4 is 16.6 Å². The number of nitrogens with two attached hydrogens (primary N) is 3. The molecule has 0 amide bonds. The highest BCUT2D eigenvalue weighted by atomic mass is 32.2. The first-order valence-corrected chi connectivity index (χ1v) is 17.0. The van der Waals surface area contributed by atoms with Gasteiger partial charge in [-0.2, -0.15) is 0 Å². The van der Waals surface area contributed by atoms with Gasteiger partial charge >= 0.3 is 0 Å². The Labute approximate surface area is 273 Å². The number of hydrogen-bond acceptors (Lipinski definition) is 5. The first-order valence-electron chi connectivity index (χ1n) is 16.1. The smallest absolute Gasteiger partial charge is 0.0824 e. The number of allylic oxidation sites excluding steroid dienone is 4. The van der Waals surface area contributed by atoms with Gasteiger partial charge in [0.05, 0.1) is 10.7 Å². The number of nitrogens with zero attached hydrogens (tertiary/aromatic N) is 1. The summed E-state index contributed by atoms with van der Waals surface area (Å²) in [6.45, 7) is 21.1. The third-order valence-corrected chi connectivity index (χ3v) is 7.75. The highest BCUT2D eigenvalue weighted by molar-refractivity contribution is 8.00.